The molecule has 0 heterocycles. The Kier molecular flexibility index (Phi) is 4.25. The lowest BCUT2D eigenvalue weighted by molar-refractivity contribution is -0.131. The van der Waals surface area contributed by atoms with E-state index in [1.165, 1.54) is 18.7 Å². The van der Waals surface area contributed by atoms with Crippen molar-refractivity contribution >= 4 is 6.29 Å². The number of aldehydes is 1. The Morgan fingerprint density at radius 1 is 1.18 bits per heavy atom. The normalized spacial score (nSPS) is 19.5. The molecule has 0 spiro atoms. The third-order valence-corrected chi connectivity index (χ3v) is 1.53. The average molecular weight is 161 g/mol. The smallest absolute Gasteiger partial charge is 0.137 e. The van der Waals surface area contributed by atoms with E-state index in [0.717, 1.165) is 0 Å². The molecule has 0 aromatic heterocycles. The van der Waals surface area contributed by atoms with Crippen molar-refractivity contribution in [2.24, 2.45) is 0 Å². The summed E-state index contributed by atoms with van der Waals surface area (Å²) < 4.78 is 0. The van der Waals surface area contributed by atoms with Crippen molar-refractivity contribution in [1.82, 2.24) is 4.90 Å². The zero-order valence-corrected chi connectivity index (χ0v) is 7.06. The highest BCUT2D eigenvalue weighted by Gasteiger charge is 2.21. The summed E-state index contributed by atoms with van der Waals surface area (Å²) in [5, 5.41) is 18.2. The molecule has 0 saturated heterocycles. The van der Waals surface area contributed by atoms with E-state index in [2.05, 4.69) is 0 Å². The molecule has 4 heteroatoms. The van der Waals surface area contributed by atoms with Crippen LogP contribution in [0.4, 0.5) is 0 Å². The standard InChI is InChI=1S/C7H15NO3/c1-5(4-9)8(6(2)10)7(3)11/h4-7,10-11H,1-3H3. The zero-order valence-electron chi connectivity index (χ0n) is 7.06. The van der Waals surface area contributed by atoms with Gasteiger partial charge in [-0.3, -0.25) is 0 Å². The molecule has 0 aliphatic carbocycles. The van der Waals surface area contributed by atoms with Crippen molar-refractivity contribution in [2.45, 2.75) is 39.3 Å². The topological polar surface area (TPSA) is 60.8 Å². The van der Waals surface area contributed by atoms with Crippen LogP contribution < -0.4 is 0 Å². The average Bonchev–Trinajstić information content (AvgIpc) is 1.85. The van der Waals surface area contributed by atoms with Gasteiger partial charge >= 0.3 is 0 Å². The van der Waals surface area contributed by atoms with Gasteiger partial charge < -0.3 is 15.0 Å². The molecule has 2 N–H and O–H groups in total. The Morgan fingerprint density at radius 3 is 1.64 bits per heavy atom. The number of carbonyl (C=O) groups is 1. The number of rotatable bonds is 4. The Bertz CT molecular complexity index is 117. The molecule has 0 aromatic carbocycles. The quantitative estimate of drug-likeness (QED) is 0.433. The summed E-state index contributed by atoms with van der Waals surface area (Å²) in [4.78, 5) is 11.6. The van der Waals surface area contributed by atoms with Crippen LogP contribution in [-0.2, 0) is 4.79 Å². The molecule has 0 fully saturated rings. The molecule has 0 aliphatic rings. The second kappa shape index (κ2) is 4.43. The van der Waals surface area contributed by atoms with E-state index in [1.54, 1.807) is 6.92 Å². The molecule has 0 aliphatic heterocycles. The van der Waals surface area contributed by atoms with Crippen LogP contribution in [0.1, 0.15) is 20.8 Å². The van der Waals surface area contributed by atoms with Crippen molar-refractivity contribution in [3.8, 4) is 0 Å². The first-order valence-corrected chi connectivity index (χ1v) is 3.59. The predicted octanol–water partition coefficient (Wildman–Crippen LogP) is -0.448. The fraction of sp³-hybridized carbons (Fsp3) is 0.857. The van der Waals surface area contributed by atoms with Gasteiger partial charge in [0.05, 0.1) is 6.04 Å². The van der Waals surface area contributed by atoms with E-state index < -0.39 is 18.5 Å². The van der Waals surface area contributed by atoms with E-state index in [4.69, 9.17) is 10.2 Å². The summed E-state index contributed by atoms with van der Waals surface area (Å²) in [7, 11) is 0. The number of nitrogens with zero attached hydrogens (tertiary/aromatic N) is 1. The largest absolute Gasteiger partial charge is 0.379 e. The molecule has 66 valence electrons. The number of aliphatic hydroxyl groups excluding tert-OH is 2. The third-order valence-electron chi connectivity index (χ3n) is 1.53. The third kappa shape index (κ3) is 2.96. The Hall–Kier alpha value is -0.450. The van der Waals surface area contributed by atoms with Gasteiger partial charge in [-0.25, -0.2) is 4.90 Å². The molecule has 0 radical (unpaired) electrons. The van der Waals surface area contributed by atoms with E-state index in [-0.39, 0.29) is 0 Å². The van der Waals surface area contributed by atoms with Crippen LogP contribution in [-0.4, -0.2) is 39.9 Å². The van der Waals surface area contributed by atoms with Gasteiger partial charge in [0, 0.05) is 0 Å². The molecule has 0 bridgehead atoms. The lowest BCUT2D eigenvalue weighted by Crippen LogP contribution is -2.46. The second-order valence-corrected chi connectivity index (χ2v) is 2.59. The van der Waals surface area contributed by atoms with Gasteiger partial charge in [-0.05, 0) is 20.8 Å². The van der Waals surface area contributed by atoms with E-state index in [0.29, 0.717) is 6.29 Å². The first kappa shape index (κ1) is 10.6. The molecule has 11 heavy (non-hydrogen) atoms. The number of aliphatic hydroxyl groups is 2. The van der Waals surface area contributed by atoms with Gasteiger partial charge in [-0.1, -0.05) is 0 Å². The van der Waals surface area contributed by atoms with Gasteiger partial charge in [0.25, 0.3) is 0 Å². The monoisotopic (exact) mass is 161 g/mol. The maximum Gasteiger partial charge on any atom is 0.137 e. The molecule has 4 nitrogen and oxygen atoms in total. The molecular weight excluding hydrogens is 146 g/mol. The van der Waals surface area contributed by atoms with Crippen LogP contribution in [0.2, 0.25) is 0 Å². The maximum absolute atomic E-state index is 10.3. The lowest BCUT2D eigenvalue weighted by Gasteiger charge is -2.30. The van der Waals surface area contributed by atoms with Crippen LogP contribution in [0.15, 0.2) is 0 Å². The van der Waals surface area contributed by atoms with E-state index in [1.807, 2.05) is 0 Å². The fourth-order valence-corrected chi connectivity index (χ4v) is 1.06. The van der Waals surface area contributed by atoms with E-state index in [9.17, 15) is 4.79 Å². The summed E-state index contributed by atoms with van der Waals surface area (Å²) in [5.74, 6) is 0. The molecule has 0 rings (SSSR count). The SMILES string of the molecule is CC(O)N(C(C)O)C(C)C=O. The lowest BCUT2D eigenvalue weighted by atomic mass is 10.3. The van der Waals surface area contributed by atoms with Crippen molar-refractivity contribution in [3.63, 3.8) is 0 Å². The minimum absolute atomic E-state index is 0.463. The van der Waals surface area contributed by atoms with Gasteiger partial charge in [0.1, 0.15) is 18.7 Å². The summed E-state index contributed by atoms with van der Waals surface area (Å²) in [6, 6.07) is -0.463. The minimum atomic E-state index is -0.810. The second-order valence-electron chi connectivity index (χ2n) is 2.59. The van der Waals surface area contributed by atoms with Crippen molar-refractivity contribution < 1.29 is 15.0 Å². The van der Waals surface area contributed by atoms with Crippen molar-refractivity contribution in [2.75, 3.05) is 0 Å². The van der Waals surface area contributed by atoms with Crippen LogP contribution >= 0.6 is 0 Å². The van der Waals surface area contributed by atoms with Crippen LogP contribution in [0.3, 0.4) is 0 Å². The minimum Gasteiger partial charge on any atom is -0.379 e. The predicted molar refractivity (Wildman–Crippen MR) is 40.7 cm³/mol. The summed E-state index contributed by atoms with van der Waals surface area (Å²) in [6.07, 6.45) is -0.940. The van der Waals surface area contributed by atoms with Crippen LogP contribution in [0.25, 0.3) is 0 Å². The Balaban J connectivity index is 4.20. The van der Waals surface area contributed by atoms with Gasteiger partial charge in [-0.2, -0.15) is 0 Å². The Labute approximate surface area is 66.4 Å². The zero-order chi connectivity index (χ0) is 9.02. The molecule has 0 aromatic rings. The van der Waals surface area contributed by atoms with Gasteiger partial charge in [-0.15, -0.1) is 0 Å². The van der Waals surface area contributed by atoms with Gasteiger partial charge in [0.2, 0.25) is 0 Å². The number of hydrogen-bond acceptors (Lipinski definition) is 4. The van der Waals surface area contributed by atoms with E-state index >= 15 is 0 Å². The Morgan fingerprint density at radius 2 is 1.55 bits per heavy atom. The fourth-order valence-electron chi connectivity index (χ4n) is 1.06. The molecule has 3 atom stereocenters. The number of hydrogen-bond donors (Lipinski definition) is 2. The van der Waals surface area contributed by atoms with Crippen molar-refractivity contribution in [1.29, 1.82) is 0 Å². The summed E-state index contributed by atoms with van der Waals surface area (Å²) in [6.45, 7) is 4.63. The highest BCUT2D eigenvalue weighted by molar-refractivity contribution is 5.56. The molecule has 3 unspecified atom stereocenters. The van der Waals surface area contributed by atoms with Crippen molar-refractivity contribution in [3.05, 3.63) is 0 Å². The molecule has 0 saturated carbocycles. The number of carbonyl (C=O) groups excluding carboxylic acids is 1. The van der Waals surface area contributed by atoms with Crippen LogP contribution in [0, 0.1) is 0 Å². The maximum atomic E-state index is 10.3. The molecule has 0 amide bonds. The summed E-state index contributed by atoms with van der Waals surface area (Å²) >= 11 is 0. The first-order valence-electron chi connectivity index (χ1n) is 3.59. The summed E-state index contributed by atoms with van der Waals surface area (Å²) in [5.41, 5.74) is 0. The van der Waals surface area contributed by atoms with Gasteiger partial charge in [0.15, 0.2) is 0 Å². The molecular formula is C7H15NO3. The van der Waals surface area contributed by atoms with Crippen LogP contribution in [0.5, 0.6) is 0 Å². The highest BCUT2D eigenvalue weighted by atomic mass is 16.3. The highest BCUT2D eigenvalue weighted by Crippen LogP contribution is 2.05. The first-order chi connectivity index (χ1) is 5.00.